The van der Waals surface area contributed by atoms with Crippen molar-refractivity contribution in [3.8, 4) is 5.75 Å². The predicted octanol–water partition coefficient (Wildman–Crippen LogP) is 2.78. The molecule has 2 heterocycles. The van der Waals surface area contributed by atoms with Crippen LogP contribution in [0.15, 0.2) is 48.7 Å². The van der Waals surface area contributed by atoms with E-state index >= 15 is 0 Å². The van der Waals surface area contributed by atoms with Gasteiger partial charge in [-0.05, 0) is 54.9 Å². The minimum absolute atomic E-state index is 0.145. The Morgan fingerprint density at radius 2 is 2.03 bits per heavy atom. The highest BCUT2D eigenvalue weighted by Crippen LogP contribution is 2.37. The zero-order valence-electron chi connectivity index (χ0n) is 19.1. The van der Waals surface area contributed by atoms with Crippen molar-refractivity contribution in [2.45, 2.75) is 12.5 Å². The molecule has 0 aliphatic carbocycles. The number of hydrogen-bond donors (Lipinski definition) is 4. The molecule has 1 unspecified atom stereocenters. The van der Waals surface area contributed by atoms with Crippen LogP contribution in [0.2, 0.25) is 5.28 Å². The predicted molar refractivity (Wildman–Crippen MR) is 132 cm³/mol. The summed E-state index contributed by atoms with van der Waals surface area (Å²) < 4.78 is 19.7. The fourth-order valence-electron chi connectivity index (χ4n) is 3.48. The van der Waals surface area contributed by atoms with Crippen LogP contribution in [0.5, 0.6) is 5.75 Å². The maximum Gasteiger partial charge on any atom is 0.278 e. The molecule has 0 radical (unpaired) electrons. The normalized spacial score (nSPS) is 16.3. The molecule has 13 heteroatoms. The molecule has 4 rings (SSSR count). The van der Waals surface area contributed by atoms with Crippen LogP contribution in [0.25, 0.3) is 0 Å². The molecule has 0 saturated carbocycles. The van der Waals surface area contributed by atoms with Crippen LogP contribution in [0, 0.1) is 5.82 Å². The maximum absolute atomic E-state index is 13.9. The first-order valence-corrected chi connectivity index (χ1v) is 10.9. The van der Waals surface area contributed by atoms with Crippen molar-refractivity contribution < 1.29 is 23.5 Å². The summed E-state index contributed by atoms with van der Waals surface area (Å²) in [6.45, 7) is 0.979. The van der Waals surface area contributed by atoms with Crippen molar-refractivity contribution in [3.05, 3.63) is 59.8 Å². The van der Waals surface area contributed by atoms with Gasteiger partial charge in [0.2, 0.25) is 11.2 Å². The summed E-state index contributed by atoms with van der Waals surface area (Å²) in [5, 5.41) is 7.85. The number of ether oxygens (including phenoxy) is 1. The summed E-state index contributed by atoms with van der Waals surface area (Å²) in [5.74, 6) is -2.63. The molecule has 0 saturated heterocycles. The first-order valence-electron chi connectivity index (χ1n) is 10.6. The summed E-state index contributed by atoms with van der Waals surface area (Å²) in [5.41, 5.74) is 5.34. The number of fused-ring (bicyclic) bond motifs is 1. The minimum Gasteiger partial charge on any atom is -0.466 e. The summed E-state index contributed by atoms with van der Waals surface area (Å²) in [6.07, 6.45) is 0.921. The largest absolute Gasteiger partial charge is 0.466 e. The molecule has 3 aromatic rings. The van der Waals surface area contributed by atoms with Gasteiger partial charge in [-0.2, -0.15) is 4.98 Å². The van der Waals surface area contributed by atoms with E-state index in [9.17, 15) is 18.8 Å². The second-order valence-electron chi connectivity index (χ2n) is 8.10. The van der Waals surface area contributed by atoms with Crippen LogP contribution in [0.1, 0.15) is 6.92 Å². The lowest BCUT2D eigenvalue weighted by atomic mass is 10.0. The molecule has 1 aliphatic rings. The highest BCUT2D eigenvalue weighted by atomic mass is 35.5. The van der Waals surface area contributed by atoms with Gasteiger partial charge in [0, 0.05) is 24.1 Å². The van der Waals surface area contributed by atoms with Crippen molar-refractivity contribution in [2.24, 2.45) is 0 Å². The van der Waals surface area contributed by atoms with Crippen molar-refractivity contribution in [2.75, 3.05) is 35.3 Å². The molecule has 2 aromatic carbocycles. The van der Waals surface area contributed by atoms with Crippen LogP contribution < -0.4 is 26.4 Å². The molecule has 1 aliphatic heterocycles. The number of nitrogen functional groups attached to an aromatic ring is 1. The average Bonchev–Trinajstić information content (AvgIpc) is 2.81. The highest BCUT2D eigenvalue weighted by molar-refractivity contribution is 6.28. The van der Waals surface area contributed by atoms with Crippen LogP contribution >= 0.6 is 11.6 Å². The van der Waals surface area contributed by atoms with Crippen LogP contribution in [-0.2, 0) is 14.4 Å². The summed E-state index contributed by atoms with van der Waals surface area (Å²) in [4.78, 5) is 46.8. The van der Waals surface area contributed by atoms with Crippen molar-refractivity contribution in [3.63, 3.8) is 0 Å². The summed E-state index contributed by atoms with van der Waals surface area (Å²) in [6, 6.07) is 11.1. The number of likely N-dealkylation sites (N-methyl/N-ethyl adjacent to an activating group) is 1. The molecule has 1 aromatic heterocycles. The van der Waals surface area contributed by atoms with E-state index in [1.807, 2.05) is 0 Å². The number of carbonyl (C=O) groups is 3. The van der Waals surface area contributed by atoms with E-state index in [1.165, 1.54) is 26.1 Å². The van der Waals surface area contributed by atoms with Gasteiger partial charge in [0.15, 0.2) is 11.6 Å². The quantitative estimate of drug-likeness (QED) is 0.223. The Morgan fingerprint density at radius 3 is 2.78 bits per heavy atom. The molecule has 0 spiro atoms. The maximum atomic E-state index is 13.9. The lowest BCUT2D eigenvalue weighted by Crippen LogP contribution is -2.59. The monoisotopic (exact) mass is 513 g/mol. The second-order valence-corrected chi connectivity index (χ2v) is 8.43. The molecule has 36 heavy (non-hydrogen) atoms. The molecule has 11 nitrogen and oxygen atoms in total. The Labute approximate surface area is 209 Å². The van der Waals surface area contributed by atoms with Crippen LogP contribution in [-0.4, -0.2) is 51.8 Å². The van der Waals surface area contributed by atoms with Gasteiger partial charge in [-0.3, -0.25) is 14.4 Å². The number of nitrogens with two attached hydrogens (primary N) is 1. The second kappa shape index (κ2) is 9.66. The first kappa shape index (κ1) is 24.7. The van der Waals surface area contributed by atoms with Gasteiger partial charge in [0.25, 0.3) is 17.4 Å². The number of carbonyl (C=O) groups excluding carboxylic acids is 3. The van der Waals surface area contributed by atoms with Crippen molar-refractivity contribution in [1.29, 1.82) is 0 Å². The number of aromatic nitrogens is 2. The lowest BCUT2D eigenvalue weighted by molar-refractivity contribution is -0.154. The fourth-order valence-corrected chi connectivity index (χ4v) is 3.61. The van der Waals surface area contributed by atoms with E-state index in [4.69, 9.17) is 22.1 Å². The molecule has 0 fully saturated rings. The lowest BCUT2D eigenvalue weighted by Gasteiger charge is -2.35. The third-order valence-electron chi connectivity index (χ3n) is 5.26. The van der Waals surface area contributed by atoms with E-state index < -0.39 is 29.1 Å². The zero-order valence-corrected chi connectivity index (χ0v) is 19.9. The summed E-state index contributed by atoms with van der Waals surface area (Å²) >= 11 is 5.71. The molecule has 3 amide bonds. The zero-order chi connectivity index (χ0) is 26.0. The fraction of sp³-hybridized carbons (Fsp3) is 0.174. The third-order valence-corrected chi connectivity index (χ3v) is 5.44. The molecular weight excluding hydrogens is 493 g/mol. The molecular formula is C23H21ClFN7O4. The van der Waals surface area contributed by atoms with Gasteiger partial charge in [0.05, 0.1) is 18.4 Å². The first-order chi connectivity index (χ1) is 17.0. The standard InChI is InChI=1S/C23H21ClFN7O4/c1-23(21(35)32(2)11-18(33)28-13-5-3-4-12(26)8-13)20(34)30-16-9-14(6-7-17(16)36-23)29-19-15(25)10-27-22(24)31-19/h3-10H,11,26H2,1-2H3,(H,28,33)(H,30,34)(H,27,29,31). The Hall–Kier alpha value is -4.45. The summed E-state index contributed by atoms with van der Waals surface area (Å²) in [7, 11) is 1.38. The van der Waals surface area contributed by atoms with Gasteiger partial charge < -0.3 is 31.3 Å². The van der Waals surface area contributed by atoms with E-state index in [2.05, 4.69) is 25.9 Å². The van der Waals surface area contributed by atoms with Crippen LogP contribution in [0.4, 0.5) is 33.0 Å². The number of anilines is 5. The van der Waals surface area contributed by atoms with E-state index in [-0.39, 0.29) is 29.1 Å². The smallest absolute Gasteiger partial charge is 0.278 e. The Balaban J connectivity index is 1.46. The highest BCUT2D eigenvalue weighted by Gasteiger charge is 2.49. The van der Waals surface area contributed by atoms with Crippen molar-refractivity contribution >= 4 is 57.9 Å². The number of amides is 3. The van der Waals surface area contributed by atoms with E-state index in [0.29, 0.717) is 17.1 Å². The number of benzene rings is 2. The topological polar surface area (TPSA) is 152 Å². The van der Waals surface area contributed by atoms with Crippen molar-refractivity contribution in [1.82, 2.24) is 14.9 Å². The average molecular weight is 514 g/mol. The number of nitrogens with zero attached hydrogens (tertiary/aromatic N) is 3. The molecule has 1 atom stereocenters. The van der Waals surface area contributed by atoms with E-state index in [0.717, 1.165) is 11.1 Å². The van der Waals surface area contributed by atoms with Crippen LogP contribution in [0.3, 0.4) is 0 Å². The SMILES string of the molecule is CN(CC(=O)Nc1cccc(N)c1)C(=O)C1(C)Oc2ccc(Nc3nc(Cl)ncc3F)cc2NC1=O. The molecule has 5 N–H and O–H groups in total. The minimum atomic E-state index is -1.93. The molecule has 186 valence electrons. The van der Waals surface area contributed by atoms with E-state index in [1.54, 1.807) is 30.3 Å². The van der Waals surface area contributed by atoms with Gasteiger partial charge >= 0.3 is 0 Å². The Morgan fingerprint density at radius 1 is 1.25 bits per heavy atom. The number of halogens is 2. The number of rotatable bonds is 6. The Bertz CT molecular complexity index is 1370. The van der Waals surface area contributed by atoms with Gasteiger partial charge in [-0.15, -0.1) is 0 Å². The number of nitrogens with one attached hydrogen (secondary N) is 3. The van der Waals surface area contributed by atoms with Gasteiger partial charge in [-0.1, -0.05) is 6.07 Å². The third kappa shape index (κ3) is 5.13. The van der Waals surface area contributed by atoms with Gasteiger partial charge in [0.1, 0.15) is 5.75 Å². The Kier molecular flexibility index (Phi) is 6.62. The van der Waals surface area contributed by atoms with Gasteiger partial charge in [-0.25, -0.2) is 9.37 Å². The molecule has 0 bridgehead atoms. The number of hydrogen-bond acceptors (Lipinski definition) is 8.